The normalized spacial score (nSPS) is 15.0. The van der Waals surface area contributed by atoms with Crippen molar-refractivity contribution in [2.75, 3.05) is 0 Å². The Labute approximate surface area is 253 Å². The monoisotopic (exact) mass is 566 g/mol. The quantitative estimate of drug-likeness (QED) is 0.231. The van der Waals surface area contributed by atoms with Crippen LogP contribution in [-0.2, 0) is 0 Å². The van der Waals surface area contributed by atoms with Gasteiger partial charge in [-0.05, 0) is 48.0 Å². The van der Waals surface area contributed by atoms with Gasteiger partial charge in [-0.1, -0.05) is 103 Å². The van der Waals surface area contributed by atoms with E-state index in [4.69, 9.17) is 14.4 Å². The predicted molar refractivity (Wildman–Crippen MR) is 180 cm³/mol. The molecule has 0 amide bonds. The second-order valence-corrected chi connectivity index (χ2v) is 11.1. The number of para-hydroxylation sites is 2. The summed E-state index contributed by atoms with van der Waals surface area (Å²) in [5.74, 6) is 1.51. The van der Waals surface area contributed by atoms with Crippen molar-refractivity contribution in [2.24, 2.45) is 9.98 Å². The molecule has 6 aromatic carbocycles. The first-order chi connectivity index (χ1) is 21.8. The van der Waals surface area contributed by atoms with Gasteiger partial charge >= 0.3 is 0 Å². The van der Waals surface area contributed by atoms with Crippen LogP contribution in [0.3, 0.4) is 0 Å². The van der Waals surface area contributed by atoms with Crippen LogP contribution < -0.4 is 5.32 Å². The summed E-state index contributed by atoms with van der Waals surface area (Å²) in [5.41, 5.74) is 8.12. The predicted octanol–water partition coefficient (Wildman–Crippen LogP) is 9.18. The molecule has 1 N–H and O–H groups in total. The molecule has 5 nitrogen and oxygen atoms in total. The third kappa shape index (κ3) is 3.87. The van der Waals surface area contributed by atoms with Gasteiger partial charge in [0.1, 0.15) is 17.6 Å². The molecule has 9 rings (SSSR count). The molecular formula is C39H26N4O. The van der Waals surface area contributed by atoms with Crippen molar-refractivity contribution in [3.63, 3.8) is 0 Å². The van der Waals surface area contributed by atoms with Gasteiger partial charge in [-0.2, -0.15) is 0 Å². The molecule has 3 heterocycles. The molecule has 8 aromatic rings. The van der Waals surface area contributed by atoms with Gasteiger partial charge < -0.3 is 14.3 Å². The molecule has 208 valence electrons. The second kappa shape index (κ2) is 9.82. The molecule has 0 aliphatic carbocycles. The molecule has 0 spiro atoms. The van der Waals surface area contributed by atoms with E-state index in [-0.39, 0.29) is 6.17 Å². The molecule has 1 aliphatic heterocycles. The van der Waals surface area contributed by atoms with Gasteiger partial charge in [0.15, 0.2) is 11.4 Å². The van der Waals surface area contributed by atoms with E-state index in [1.807, 2.05) is 48.5 Å². The van der Waals surface area contributed by atoms with Gasteiger partial charge in [0.05, 0.1) is 11.0 Å². The highest BCUT2D eigenvalue weighted by Gasteiger charge is 2.22. The average molecular weight is 567 g/mol. The highest BCUT2D eigenvalue weighted by molar-refractivity contribution is 6.21. The number of furan rings is 1. The van der Waals surface area contributed by atoms with Crippen LogP contribution in [0.4, 0.5) is 0 Å². The standard InChI is InChI=1S/C39H26N4O/c1-3-11-25(12-4-1)37-40-38(26-13-5-2-6-14-26)42-39(41-37)27-19-21-28(22-20-27)43-33-17-9-7-15-29(33)31-23-24-32-30-16-8-10-18-34(30)44-36(32)35(31)43/h1-24,37H,(H,40,41,42). The third-order valence-corrected chi connectivity index (χ3v) is 8.47. The van der Waals surface area contributed by atoms with Crippen LogP contribution in [0.1, 0.15) is 22.9 Å². The molecule has 0 saturated carbocycles. The van der Waals surface area contributed by atoms with E-state index in [9.17, 15) is 0 Å². The first-order valence-corrected chi connectivity index (χ1v) is 14.8. The van der Waals surface area contributed by atoms with Gasteiger partial charge in [0.2, 0.25) is 0 Å². The summed E-state index contributed by atoms with van der Waals surface area (Å²) in [4.78, 5) is 10.0. The van der Waals surface area contributed by atoms with Crippen LogP contribution in [0.25, 0.3) is 49.4 Å². The Bertz CT molecular complexity index is 2400. The van der Waals surface area contributed by atoms with E-state index in [1.165, 1.54) is 10.8 Å². The number of aromatic nitrogens is 1. The highest BCUT2D eigenvalue weighted by Crippen LogP contribution is 2.40. The number of aliphatic imine (C=N–C) groups is 2. The van der Waals surface area contributed by atoms with E-state index in [0.717, 1.165) is 61.2 Å². The lowest BCUT2D eigenvalue weighted by molar-refractivity contribution is 0.671. The Morgan fingerprint density at radius 2 is 1.25 bits per heavy atom. The molecule has 2 aromatic heterocycles. The number of benzene rings is 6. The third-order valence-electron chi connectivity index (χ3n) is 8.47. The minimum atomic E-state index is -0.239. The number of hydrogen-bond donors (Lipinski definition) is 1. The van der Waals surface area contributed by atoms with E-state index in [2.05, 4.69) is 107 Å². The van der Waals surface area contributed by atoms with Crippen LogP contribution >= 0.6 is 0 Å². The fourth-order valence-electron chi connectivity index (χ4n) is 6.39. The van der Waals surface area contributed by atoms with E-state index < -0.39 is 0 Å². The van der Waals surface area contributed by atoms with E-state index in [1.54, 1.807) is 0 Å². The topological polar surface area (TPSA) is 54.8 Å². The van der Waals surface area contributed by atoms with Crippen LogP contribution in [0.2, 0.25) is 0 Å². The number of amidine groups is 2. The molecule has 44 heavy (non-hydrogen) atoms. The minimum Gasteiger partial charge on any atom is -0.454 e. The Morgan fingerprint density at radius 1 is 0.568 bits per heavy atom. The zero-order chi connectivity index (χ0) is 29.0. The first kappa shape index (κ1) is 24.6. The second-order valence-electron chi connectivity index (χ2n) is 11.1. The summed E-state index contributed by atoms with van der Waals surface area (Å²) >= 11 is 0. The minimum absolute atomic E-state index is 0.239. The number of fused-ring (bicyclic) bond motifs is 7. The van der Waals surface area contributed by atoms with Crippen molar-refractivity contribution < 1.29 is 4.42 Å². The molecule has 0 bridgehead atoms. The number of nitrogens with one attached hydrogen (secondary N) is 1. The first-order valence-electron chi connectivity index (χ1n) is 14.8. The van der Waals surface area contributed by atoms with Gasteiger partial charge in [-0.25, -0.2) is 9.98 Å². The molecule has 1 aliphatic rings. The van der Waals surface area contributed by atoms with Crippen LogP contribution in [-0.4, -0.2) is 16.2 Å². The molecule has 0 fully saturated rings. The molecule has 5 heteroatoms. The van der Waals surface area contributed by atoms with Crippen molar-refractivity contribution in [3.8, 4) is 5.69 Å². The zero-order valence-electron chi connectivity index (χ0n) is 23.7. The van der Waals surface area contributed by atoms with Gasteiger partial charge in [0.25, 0.3) is 0 Å². The van der Waals surface area contributed by atoms with Crippen molar-refractivity contribution in [2.45, 2.75) is 6.17 Å². The Balaban J connectivity index is 1.21. The van der Waals surface area contributed by atoms with Gasteiger partial charge in [0, 0.05) is 38.4 Å². The summed E-state index contributed by atoms with van der Waals surface area (Å²) in [7, 11) is 0. The van der Waals surface area contributed by atoms with Crippen molar-refractivity contribution in [3.05, 3.63) is 162 Å². The van der Waals surface area contributed by atoms with Crippen molar-refractivity contribution >= 4 is 55.4 Å². The Kier molecular flexibility index (Phi) is 5.50. The van der Waals surface area contributed by atoms with Gasteiger partial charge in [-0.15, -0.1) is 0 Å². The van der Waals surface area contributed by atoms with E-state index in [0.29, 0.717) is 5.84 Å². The summed E-state index contributed by atoms with van der Waals surface area (Å²) in [6.45, 7) is 0. The van der Waals surface area contributed by atoms with E-state index >= 15 is 0 Å². The summed E-state index contributed by atoms with van der Waals surface area (Å²) in [6, 6.07) is 50.3. The van der Waals surface area contributed by atoms with Crippen LogP contribution in [0, 0.1) is 0 Å². The Morgan fingerprint density at radius 3 is 2.07 bits per heavy atom. The lowest BCUT2D eigenvalue weighted by atomic mass is 10.1. The fraction of sp³-hybridized carbons (Fsp3) is 0.0256. The maximum Gasteiger partial charge on any atom is 0.160 e. The SMILES string of the molecule is c1ccc(C2=NC(c3ccc(-n4c5ccccc5c5ccc6c7ccccc7oc6c54)cc3)=NC(c3ccccc3)N2)cc1. The largest absolute Gasteiger partial charge is 0.454 e. The summed E-state index contributed by atoms with van der Waals surface area (Å²) in [5, 5.41) is 8.14. The molecule has 1 atom stereocenters. The maximum absolute atomic E-state index is 6.52. The number of hydrogen-bond acceptors (Lipinski definition) is 4. The molecular weight excluding hydrogens is 540 g/mol. The fourth-order valence-corrected chi connectivity index (χ4v) is 6.39. The zero-order valence-corrected chi connectivity index (χ0v) is 23.7. The lowest BCUT2D eigenvalue weighted by Gasteiger charge is -2.23. The lowest BCUT2D eigenvalue weighted by Crippen LogP contribution is -2.33. The van der Waals surface area contributed by atoms with Gasteiger partial charge in [-0.3, -0.25) is 0 Å². The number of rotatable bonds is 4. The highest BCUT2D eigenvalue weighted by atomic mass is 16.3. The summed E-state index contributed by atoms with van der Waals surface area (Å²) < 4.78 is 8.83. The van der Waals surface area contributed by atoms with Crippen LogP contribution in [0.5, 0.6) is 0 Å². The molecule has 1 unspecified atom stereocenters. The van der Waals surface area contributed by atoms with Crippen molar-refractivity contribution in [1.29, 1.82) is 0 Å². The Hall–Kier alpha value is -5.94. The summed E-state index contributed by atoms with van der Waals surface area (Å²) in [6.07, 6.45) is -0.239. The number of nitrogens with zero attached hydrogens (tertiary/aromatic N) is 3. The molecule has 0 saturated heterocycles. The van der Waals surface area contributed by atoms with Crippen molar-refractivity contribution in [1.82, 2.24) is 9.88 Å². The van der Waals surface area contributed by atoms with Crippen LogP contribution in [0.15, 0.2) is 160 Å². The molecule has 0 radical (unpaired) electrons. The smallest absolute Gasteiger partial charge is 0.160 e. The maximum atomic E-state index is 6.52. The average Bonchev–Trinajstić information content (AvgIpc) is 3.65.